The van der Waals surface area contributed by atoms with Crippen molar-refractivity contribution in [3.8, 4) is 0 Å². The molecule has 0 bridgehead atoms. The Balaban J connectivity index is 3.71. The molecule has 0 rings (SSSR count). The van der Waals surface area contributed by atoms with Crippen molar-refractivity contribution < 1.29 is 14.3 Å². The van der Waals surface area contributed by atoms with Crippen LogP contribution in [0.1, 0.15) is 86.5 Å². The van der Waals surface area contributed by atoms with E-state index in [4.69, 9.17) is 9.47 Å². The lowest BCUT2D eigenvalue weighted by Gasteiger charge is -2.18. The molecule has 0 amide bonds. The first kappa shape index (κ1) is 23.9. The summed E-state index contributed by atoms with van der Waals surface area (Å²) < 4.78 is 10.6. The fourth-order valence-electron chi connectivity index (χ4n) is 2.65. The largest absolute Gasteiger partial charge is 0.463 e. The highest BCUT2D eigenvalue weighted by atomic mass is 16.6. The van der Waals surface area contributed by atoms with Gasteiger partial charge in [-0.2, -0.15) is 0 Å². The minimum Gasteiger partial charge on any atom is -0.463 e. The Hall–Kier alpha value is -1.09. The highest BCUT2D eigenvalue weighted by molar-refractivity contribution is 5.69. The molecule has 0 aliphatic rings. The monoisotopic (exact) mass is 352 g/mol. The Bertz CT molecular complexity index is 413. The van der Waals surface area contributed by atoms with E-state index in [-0.39, 0.29) is 5.97 Å². The minimum absolute atomic E-state index is 0.110. The van der Waals surface area contributed by atoms with E-state index >= 15 is 0 Å². The van der Waals surface area contributed by atoms with Gasteiger partial charge in [-0.05, 0) is 44.9 Å². The van der Waals surface area contributed by atoms with Crippen LogP contribution in [0.15, 0.2) is 23.3 Å². The first-order valence-electron chi connectivity index (χ1n) is 9.79. The molecule has 3 nitrogen and oxygen atoms in total. The lowest BCUT2D eigenvalue weighted by atomic mass is 9.88. The molecule has 0 aliphatic heterocycles. The molecule has 0 heterocycles. The number of unbranched alkanes of at least 4 members (excludes halogenated alkanes) is 2. The van der Waals surface area contributed by atoms with Gasteiger partial charge in [0.1, 0.15) is 6.61 Å². The van der Waals surface area contributed by atoms with Crippen molar-refractivity contribution in [3.05, 3.63) is 23.3 Å². The molecule has 0 saturated carbocycles. The Morgan fingerprint density at radius 1 is 0.960 bits per heavy atom. The van der Waals surface area contributed by atoms with Gasteiger partial charge in [0.05, 0.1) is 13.2 Å². The lowest BCUT2D eigenvalue weighted by Crippen LogP contribution is -2.10. The normalized spacial score (nSPS) is 13.2. The zero-order chi connectivity index (χ0) is 19.1. The van der Waals surface area contributed by atoms with Crippen LogP contribution in [0.2, 0.25) is 0 Å². The van der Waals surface area contributed by atoms with E-state index in [2.05, 4.69) is 53.7 Å². The predicted octanol–water partition coefficient (Wildman–Crippen LogP) is 6.24. The Morgan fingerprint density at radius 3 is 2.32 bits per heavy atom. The zero-order valence-electron chi connectivity index (χ0n) is 17.5. The molecule has 0 spiro atoms. The Labute approximate surface area is 155 Å². The molecule has 0 aromatic carbocycles. The number of ether oxygens (including phenoxy) is 2. The number of carbonyl (C=O) groups excluding carboxylic acids is 1. The average Bonchev–Trinajstić information content (AvgIpc) is 2.49. The van der Waals surface area contributed by atoms with Crippen LogP contribution in [0, 0.1) is 5.41 Å². The van der Waals surface area contributed by atoms with E-state index < -0.39 is 0 Å². The lowest BCUT2D eigenvalue weighted by molar-refractivity contribution is -0.145. The summed E-state index contributed by atoms with van der Waals surface area (Å²) in [6.07, 6.45) is 11.4. The minimum atomic E-state index is -0.110. The fraction of sp³-hybridized carbons (Fsp3) is 0.773. The number of carbonyl (C=O) groups is 1. The van der Waals surface area contributed by atoms with Crippen LogP contribution < -0.4 is 0 Å². The fourth-order valence-corrected chi connectivity index (χ4v) is 2.65. The van der Waals surface area contributed by atoms with Gasteiger partial charge in [-0.25, -0.2) is 0 Å². The molecule has 0 aromatic heterocycles. The van der Waals surface area contributed by atoms with E-state index in [1.807, 2.05) is 0 Å². The summed E-state index contributed by atoms with van der Waals surface area (Å²) in [6, 6.07) is 0. The van der Waals surface area contributed by atoms with Crippen molar-refractivity contribution in [2.75, 3.05) is 19.8 Å². The van der Waals surface area contributed by atoms with E-state index in [0.29, 0.717) is 31.7 Å². The summed E-state index contributed by atoms with van der Waals surface area (Å²) in [5, 5.41) is 0. The van der Waals surface area contributed by atoms with Crippen LogP contribution in [0.25, 0.3) is 0 Å². The smallest absolute Gasteiger partial charge is 0.305 e. The summed E-state index contributed by atoms with van der Waals surface area (Å²) >= 11 is 0. The number of hydrogen-bond acceptors (Lipinski definition) is 3. The molecule has 0 N–H and O–H groups in total. The predicted molar refractivity (Wildman–Crippen MR) is 107 cm³/mol. The summed E-state index contributed by atoms with van der Waals surface area (Å²) in [6.45, 7) is 14.7. The van der Waals surface area contributed by atoms with Gasteiger partial charge < -0.3 is 9.47 Å². The molecule has 0 atom stereocenters. The van der Waals surface area contributed by atoms with E-state index in [1.165, 1.54) is 11.1 Å². The zero-order valence-corrected chi connectivity index (χ0v) is 17.5. The molecule has 0 unspecified atom stereocenters. The third-order valence-electron chi connectivity index (χ3n) is 3.87. The van der Waals surface area contributed by atoms with Gasteiger partial charge in [0.15, 0.2) is 0 Å². The quantitative estimate of drug-likeness (QED) is 0.224. The van der Waals surface area contributed by atoms with E-state index in [1.54, 1.807) is 0 Å². The van der Waals surface area contributed by atoms with Gasteiger partial charge in [-0.15, -0.1) is 0 Å². The molecule has 0 aliphatic carbocycles. The topological polar surface area (TPSA) is 35.5 Å². The van der Waals surface area contributed by atoms with Crippen LogP contribution in [-0.4, -0.2) is 25.8 Å². The summed E-state index contributed by atoms with van der Waals surface area (Å²) in [4.78, 5) is 11.4. The van der Waals surface area contributed by atoms with Gasteiger partial charge in [0.2, 0.25) is 0 Å². The van der Waals surface area contributed by atoms with Crippen molar-refractivity contribution in [2.24, 2.45) is 5.41 Å². The molecule has 0 fully saturated rings. The number of hydrogen-bond donors (Lipinski definition) is 0. The van der Waals surface area contributed by atoms with Gasteiger partial charge in [-0.3, -0.25) is 4.79 Å². The third-order valence-corrected chi connectivity index (χ3v) is 3.87. The molecule has 25 heavy (non-hydrogen) atoms. The Morgan fingerprint density at radius 2 is 1.68 bits per heavy atom. The highest BCUT2D eigenvalue weighted by Gasteiger charge is 2.10. The summed E-state index contributed by atoms with van der Waals surface area (Å²) in [5.41, 5.74) is 3.17. The second kappa shape index (κ2) is 14.1. The SMILES string of the molecule is CCCCCC(=O)OCCOCC=C(C)CCC=C(C)CC(C)(C)C. The Kier molecular flexibility index (Phi) is 13.5. The summed E-state index contributed by atoms with van der Waals surface area (Å²) in [7, 11) is 0. The number of allylic oxidation sites excluding steroid dienone is 3. The van der Waals surface area contributed by atoms with Gasteiger partial charge in [-0.1, -0.05) is 63.8 Å². The highest BCUT2D eigenvalue weighted by Crippen LogP contribution is 2.24. The third kappa shape index (κ3) is 17.5. The van der Waals surface area contributed by atoms with Crippen molar-refractivity contribution in [1.29, 1.82) is 0 Å². The maximum absolute atomic E-state index is 11.4. The number of esters is 1. The first-order valence-corrected chi connectivity index (χ1v) is 9.79. The van der Waals surface area contributed by atoms with E-state index in [9.17, 15) is 4.79 Å². The average molecular weight is 353 g/mol. The van der Waals surface area contributed by atoms with Crippen molar-refractivity contribution >= 4 is 5.97 Å². The van der Waals surface area contributed by atoms with Crippen molar-refractivity contribution in [1.82, 2.24) is 0 Å². The second-order valence-corrected chi connectivity index (χ2v) is 8.13. The molecule has 146 valence electrons. The van der Waals surface area contributed by atoms with Crippen LogP contribution >= 0.6 is 0 Å². The van der Waals surface area contributed by atoms with Crippen molar-refractivity contribution in [2.45, 2.75) is 86.5 Å². The van der Waals surface area contributed by atoms with E-state index in [0.717, 1.165) is 38.5 Å². The number of rotatable bonds is 13. The standard InChI is InChI=1S/C22H40O3/c1-7-8-9-13-21(23)25-17-16-24-15-14-19(2)11-10-12-20(3)18-22(4,5)6/h12,14H,7-11,13,15-18H2,1-6H3. The van der Waals surface area contributed by atoms with Gasteiger partial charge in [0, 0.05) is 6.42 Å². The molecule has 3 heteroatoms. The molecule has 0 saturated heterocycles. The summed E-state index contributed by atoms with van der Waals surface area (Å²) in [5.74, 6) is -0.110. The van der Waals surface area contributed by atoms with Crippen LogP contribution in [0.3, 0.4) is 0 Å². The maximum Gasteiger partial charge on any atom is 0.305 e. The van der Waals surface area contributed by atoms with Gasteiger partial charge >= 0.3 is 5.97 Å². The first-order chi connectivity index (χ1) is 11.7. The molecular formula is C22H40O3. The molecular weight excluding hydrogens is 312 g/mol. The van der Waals surface area contributed by atoms with Crippen LogP contribution in [-0.2, 0) is 14.3 Å². The van der Waals surface area contributed by atoms with Crippen molar-refractivity contribution in [3.63, 3.8) is 0 Å². The molecule has 0 aromatic rings. The maximum atomic E-state index is 11.4. The second-order valence-electron chi connectivity index (χ2n) is 8.13. The van der Waals surface area contributed by atoms with Gasteiger partial charge in [0.25, 0.3) is 0 Å². The molecule has 0 radical (unpaired) electrons. The van der Waals surface area contributed by atoms with Crippen LogP contribution in [0.4, 0.5) is 0 Å². The van der Waals surface area contributed by atoms with Crippen LogP contribution in [0.5, 0.6) is 0 Å².